The molecule has 338 valence electrons. The van der Waals surface area contributed by atoms with Crippen molar-refractivity contribution in [1.29, 1.82) is 0 Å². The number of ketones is 1. The number of likely N-dealkylation sites (tertiary alicyclic amines) is 1. The maximum absolute atomic E-state index is 14.3. The van der Waals surface area contributed by atoms with E-state index in [1.165, 1.54) is 58.8 Å². The van der Waals surface area contributed by atoms with Gasteiger partial charge in [0, 0.05) is 37.5 Å². The summed E-state index contributed by atoms with van der Waals surface area (Å²) in [5.74, 6) is -4.54. The van der Waals surface area contributed by atoms with Gasteiger partial charge in [0.2, 0.25) is 0 Å². The molecule has 13 heteroatoms. The Kier molecular flexibility index (Phi) is 20.5. The molecule has 3 fully saturated rings. The number of aliphatic hydroxyl groups is 3. The first-order chi connectivity index (χ1) is 27.3. The summed E-state index contributed by atoms with van der Waals surface area (Å²) in [5, 5.41) is 40.2. The average Bonchev–Trinajstić information content (AvgIpc) is 3.19. The number of aliphatic hydroxyl groups excluding tert-OH is 2. The summed E-state index contributed by atoms with van der Waals surface area (Å²) < 4.78 is 25.1. The van der Waals surface area contributed by atoms with Gasteiger partial charge in [-0.25, -0.2) is 0 Å². The Balaban J connectivity index is 1.98. The lowest BCUT2D eigenvalue weighted by molar-refractivity contribution is -0.295. The molecular formula is C45H83N3O10. The van der Waals surface area contributed by atoms with Crippen molar-refractivity contribution in [3.63, 3.8) is 0 Å². The van der Waals surface area contributed by atoms with Crippen LogP contribution in [0.25, 0.3) is 0 Å². The zero-order chi connectivity index (χ0) is 43.4. The lowest BCUT2D eigenvalue weighted by Crippen LogP contribution is -2.60. The van der Waals surface area contributed by atoms with E-state index in [1.807, 2.05) is 39.8 Å². The molecule has 0 amide bonds. The number of cyclic esters (lactones) is 1. The first kappa shape index (κ1) is 50.6. The quantitative estimate of drug-likeness (QED) is 0.0709. The molecule has 3 rings (SSSR count). The molecule has 3 aliphatic rings. The lowest BCUT2D eigenvalue weighted by Gasteiger charge is -2.47. The summed E-state index contributed by atoms with van der Waals surface area (Å²) in [6.45, 7) is 19.0. The number of hydrogen-bond acceptors (Lipinski definition) is 13. The van der Waals surface area contributed by atoms with E-state index in [2.05, 4.69) is 11.8 Å². The molecule has 0 saturated carbocycles. The van der Waals surface area contributed by atoms with E-state index < -0.39 is 77.3 Å². The number of oxime groups is 1. The molecule has 0 aliphatic carbocycles. The molecule has 0 aromatic heterocycles. The minimum absolute atomic E-state index is 0.148. The smallest absolute Gasteiger partial charge is 0.316 e. The minimum Gasteiger partial charge on any atom is -0.459 e. The summed E-state index contributed by atoms with van der Waals surface area (Å²) in [6.07, 6.45) is 7.07. The Morgan fingerprint density at radius 1 is 0.948 bits per heavy atom. The van der Waals surface area contributed by atoms with Crippen LogP contribution in [0.5, 0.6) is 0 Å². The third kappa shape index (κ3) is 13.4. The van der Waals surface area contributed by atoms with Gasteiger partial charge < -0.3 is 44.0 Å². The van der Waals surface area contributed by atoms with Gasteiger partial charge in [-0.2, -0.15) is 0 Å². The van der Waals surface area contributed by atoms with Gasteiger partial charge in [-0.05, 0) is 93.4 Å². The molecule has 1 unspecified atom stereocenters. The van der Waals surface area contributed by atoms with Gasteiger partial charge in [-0.15, -0.1) is 0 Å². The highest BCUT2D eigenvalue weighted by Crippen LogP contribution is 2.39. The van der Waals surface area contributed by atoms with Crippen LogP contribution in [0, 0.1) is 23.7 Å². The summed E-state index contributed by atoms with van der Waals surface area (Å²) in [4.78, 5) is 38.7. The number of carbonyl (C=O) groups is 2. The minimum atomic E-state index is -1.88. The molecule has 3 saturated heterocycles. The van der Waals surface area contributed by atoms with E-state index in [9.17, 15) is 24.9 Å². The summed E-state index contributed by atoms with van der Waals surface area (Å²) in [7, 11) is 5.34. The van der Waals surface area contributed by atoms with Gasteiger partial charge in [0.25, 0.3) is 0 Å². The molecule has 0 aromatic carbocycles. The summed E-state index contributed by atoms with van der Waals surface area (Å²) in [5.41, 5.74) is -2.57. The van der Waals surface area contributed by atoms with E-state index in [0.717, 1.165) is 38.9 Å². The molecule has 14 atom stereocenters. The Morgan fingerprint density at radius 2 is 1.59 bits per heavy atom. The Bertz CT molecular complexity index is 1280. The van der Waals surface area contributed by atoms with Crippen molar-refractivity contribution in [3.05, 3.63) is 0 Å². The highest BCUT2D eigenvalue weighted by atomic mass is 16.7. The van der Waals surface area contributed by atoms with Crippen molar-refractivity contribution in [1.82, 2.24) is 9.80 Å². The monoisotopic (exact) mass is 826 g/mol. The zero-order valence-corrected chi connectivity index (χ0v) is 38.3. The molecule has 13 nitrogen and oxygen atoms in total. The van der Waals surface area contributed by atoms with Gasteiger partial charge in [0.15, 0.2) is 12.1 Å². The fraction of sp³-hybridized carbons (Fsp3) is 0.933. The van der Waals surface area contributed by atoms with Crippen LogP contribution < -0.4 is 0 Å². The van der Waals surface area contributed by atoms with Crippen molar-refractivity contribution in [3.8, 4) is 0 Å². The van der Waals surface area contributed by atoms with E-state index in [1.54, 1.807) is 27.9 Å². The highest BCUT2D eigenvalue weighted by Gasteiger charge is 2.51. The predicted molar refractivity (Wildman–Crippen MR) is 226 cm³/mol. The first-order valence-electron chi connectivity index (χ1n) is 22.6. The number of ether oxygens (including phenoxy) is 4. The molecule has 58 heavy (non-hydrogen) atoms. The van der Waals surface area contributed by atoms with Gasteiger partial charge in [0.05, 0.1) is 29.6 Å². The lowest BCUT2D eigenvalue weighted by atomic mass is 9.74. The van der Waals surface area contributed by atoms with Gasteiger partial charge in [-0.3, -0.25) is 14.5 Å². The second-order valence-electron chi connectivity index (χ2n) is 18.6. The fourth-order valence-electron chi connectivity index (χ4n) is 9.52. The molecule has 0 radical (unpaired) electrons. The van der Waals surface area contributed by atoms with Gasteiger partial charge >= 0.3 is 5.97 Å². The molecular weight excluding hydrogens is 743 g/mol. The molecule has 3 N–H and O–H groups in total. The van der Waals surface area contributed by atoms with Crippen molar-refractivity contribution in [2.24, 2.45) is 28.8 Å². The maximum Gasteiger partial charge on any atom is 0.316 e. The maximum atomic E-state index is 14.3. The number of piperidine rings is 1. The zero-order valence-electron chi connectivity index (χ0n) is 38.3. The Labute approximate surface area is 350 Å². The summed E-state index contributed by atoms with van der Waals surface area (Å²) >= 11 is 0. The van der Waals surface area contributed by atoms with Crippen LogP contribution in [0.15, 0.2) is 5.16 Å². The van der Waals surface area contributed by atoms with Crippen molar-refractivity contribution in [2.45, 2.75) is 206 Å². The molecule has 0 bridgehead atoms. The molecule has 3 heterocycles. The second-order valence-corrected chi connectivity index (χ2v) is 18.6. The van der Waals surface area contributed by atoms with Crippen molar-refractivity contribution < 1.29 is 48.7 Å². The summed E-state index contributed by atoms with van der Waals surface area (Å²) in [6, 6.07) is -0.257. The average molecular weight is 826 g/mol. The van der Waals surface area contributed by atoms with E-state index in [4.69, 9.17) is 28.9 Å². The normalized spacial score (nSPS) is 39.8. The largest absolute Gasteiger partial charge is 0.459 e. The number of unbranched alkanes of at least 4 members (excludes halogenated alkanes) is 7. The Morgan fingerprint density at radius 3 is 2.19 bits per heavy atom. The fourth-order valence-corrected chi connectivity index (χ4v) is 9.52. The van der Waals surface area contributed by atoms with Crippen LogP contribution >= 0.6 is 0 Å². The third-order valence-corrected chi connectivity index (χ3v) is 13.4. The van der Waals surface area contributed by atoms with Gasteiger partial charge in [0.1, 0.15) is 29.8 Å². The number of esters is 1. The second kappa shape index (κ2) is 23.5. The van der Waals surface area contributed by atoms with Crippen LogP contribution in [0.1, 0.15) is 146 Å². The third-order valence-electron chi connectivity index (χ3n) is 13.4. The number of Topliss-reactive ketones (excluding diaryl/α,β-unsaturated/α-hetero) is 1. The molecule has 0 aromatic rings. The van der Waals surface area contributed by atoms with Crippen LogP contribution in [0.4, 0.5) is 0 Å². The number of hydrogen-bond donors (Lipinski definition) is 3. The first-order valence-corrected chi connectivity index (χ1v) is 22.6. The van der Waals surface area contributed by atoms with Crippen molar-refractivity contribution >= 4 is 17.5 Å². The van der Waals surface area contributed by atoms with Crippen LogP contribution in [0.3, 0.4) is 0 Å². The van der Waals surface area contributed by atoms with Crippen molar-refractivity contribution in [2.75, 3.05) is 40.8 Å². The van der Waals surface area contributed by atoms with E-state index in [0.29, 0.717) is 12.1 Å². The van der Waals surface area contributed by atoms with Crippen LogP contribution in [0.2, 0.25) is 0 Å². The SMILES string of the molecule is CCCCCCCCCCN1CCCC(O/N=C2\[C@H](C)C[C@](C)(OC)[C@H](O[C@@H]3O[C@H](C)C[C@H](N(C)C)[C@H]3O)[C@@H](C)C(=O)[C@@H](C)C(=O)O[C@H](CC)[C@@](C)(O)[C@H](O)[C@H]2C)C1. The standard InChI is InChI=1S/C45H83N3O10/c1-13-15-16-17-18-19-20-21-24-48-25-22-23-34(28-48)58-46-37-29(3)27-44(8,54-12)41(57-43-39(50)35(47(10)11)26-30(4)55-43)32(6)38(49)33(7)42(52)56-36(14-2)45(9,53)40(51)31(37)5/h29-36,39-41,43,50-51,53H,13-28H2,1-12H3/b46-37+/t29-,30-,31+,32+,33-,34?,35+,36-,39-,40-,41-,43+,44+,45-/m1/s1. The van der Waals surface area contributed by atoms with Crippen LogP contribution in [-0.2, 0) is 33.4 Å². The van der Waals surface area contributed by atoms with E-state index in [-0.39, 0.29) is 31.1 Å². The number of rotatable bonds is 16. The Hall–Kier alpha value is -1.71. The van der Waals surface area contributed by atoms with Gasteiger partial charge in [-0.1, -0.05) is 84.7 Å². The molecule has 0 spiro atoms. The predicted octanol–water partition coefficient (Wildman–Crippen LogP) is 6.13. The highest BCUT2D eigenvalue weighted by molar-refractivity contribution is 6.00. The molecule has 3 aliphatic heterocycles. The van der Waals surface area contributed by atoms with Crippen LogP contribution in [-0.4, -0.2) is 144 Å². The topological polar surface area (TPSA) is 160 Å². The number of nitrogens with zero attached hydrogens (tertiary/aromatic N) is 3. The number of methoxy groups -OCH3 is 1. The number of carbonyl (C=O) groups excluding carboxylic acids is 2. The number of likely N-dealkylation sites (N-methyl/N-ethyl adjacent to an activating group) is 1. The van der Waals surface area contributed by atoms with E-state index >= 15 is 0 Å².